The molecule has 1 aliphatic heterocycles. The summed E-state index contributed by atoms with van der Waals surface area (Å²) in [4.78, 5) is 9.95. The second-order valence-electron chi connectivity index (χ2n) is 7.42. The van der Waals surface area contributed by atoms with E-state index in [1.807, 2.05) is 37.4 Å². The van der Waals surface area contributed by atoms with E-state index in [0.29, 0.717) is 10.8 Å². The lowest BCUT2D eigenvalue weighted by atomic mass is 10.1. The molecule has 3 heterocycles. The zero-order valence-electron chi connectivity index (χ0n) is 16.3. The number of pyridine rings is 1. The third-order valence-corrected chi connectivity index (χ3v) is 5.67. The molecule has 0 radical (unpaired) electrons. The molecule has 2 aromatic heterocycles. The molecular weight excluding hydrogens is 403 g/mol. The molecule has 5 rings (SSSR count). The van der Waals surface area contributed by atoms with Gasteiger partial charge in [-0.3, -0.25) is 0 Å². The maximum Gasteiger partial charge on any atom is 0.135 e. The van der Waals surface area contributed by atoms with E-state index in [0.717, 1.165) is 46.7 Å². The van der Waals surface area contributed by atoms with Gasteiger partial charge >= 0.3 is 0 Å². The van der Waals surface area contributed by atoms with Crippen molar-refractivity contribution < 1.29 is 9.13 Å². The molecule has 152 valence electrons. The first-order valence-electron chi connectivity index (χ1n) is 9.73. The Kier molecular flexibility index (Phi) is 4.71. The molecule has 0 spiro atoms. The summed E-state index contributed by atoms with van der Waals surface area (Å²) in [6.07, 6.45) is 3.75. The van der Waals surface area contributed by atoms with Crippen LogP contribution < -0.4 is 15.0 Å². The van der Waals surface area contributed by atoms with Crippen LogP contribution in [0.25, 0.3) is 10.9 Å². The molecule has 0 atom stereocenters. The van der Waals surface area contributed by atoms with E-state index < -0.39 is 0 Å². The van der Waals surface area contributed by atoms with Crippen molar-refractivity contribution >= 4 is 39.7 Å². The summed E-state index contributed by atoms with van der Waals surface area (Å²) < 4.78 is 19.0. The predicted octanol–water partition coefficient (Wildman–Crippen LogP) is 5.68. The van der Waals surface area contributed by atoms with Crippen LogP contribution >= 0.6 is 11.6 Å². The number of aromatic nitrogens is 2. The molecule has 0 aliphatic carbocycles. The van der Waals surface area contributed by atoms with E-state index in [2.05, 4.69) is 20.2 Å². The number of H-pyrrole nitrogens is 1. The fourth-order valence-electron chi connectivity index (χ4n) is 3.74. The molecule has 0 amide bonds. The Morgan fingerprint density at radius 1 is 1.17 bits per heavy atom. The lowest BCUT2D eigenvalue weighted by Gasteiger charge is -2.41. The van der Waals surface area contributed by atoms with Crippen LogP contribution in [-0.4, -0.2) is 29.2 Å². The molecule has 7 heteroatoms. The fourth-order valence-corrected chi connectivity index (χ4v) is 4.02. The van der Waals surface area contributed by atoms with Crippen molar-refractivity contribution in [3.8, 4) is 5.75 Å². The lowest BCUT2D eigenvalue weighted by Crippen LogP contribution is -2.54. The number of hydrogen-bond acceptors (Lipinski definition) is 4. The van der Waals surface area contributed by atoms with Gasteiger partial charge in [-0.1, -0.05) is 11.6 Å². The van der Waals surface area contributed by atoms with E-state index >= 15 is 0 Å². The summed E-state index contributed by atoms with van der Waals surface area (Å²) in [6.45, 7) is 3.58. The van der Waals surface area contributed by atoms with E-state index in [-0.39, 0.29) is 11.9 Å². The van der Waals surface area contributed by atoms with Crippen molar-refractivity contribution in [3.05, 3.63) is 77.3 Å². The minimum Gasteiger partial charge on any atom is -0.487 e. The van der Waals surface area contributed by atoms with Gasteiger partial charge in [-0.25, -0.2) is 9.37 Å². The third-order valence-electron chi connectivity index (χ3n) is 5.36. The molecule has 4 aromatic rings. The van der Waals surface area contributed by atoms with E-state index in [9.17, 15) is 4.39 Å². The Morgan fingerprint density at radius 2 is 1.97 bits per heavy atom. The number of benzene rings is 2. The van der Waals surface area contributed by atoms with Crippen molar-refractivity contribution in [2.75, 3.05) is 23.3 Å². The number of halogens is 2. The number of anilines is 3. The highest BCUT2D eigenvalue weighted by atomic mass is 35.5. The standard InChI is InChI=1S/C23H20ClFN4O/c1-14-22(29-12-18(13-29)30-17-4-2-15(25)3-5-17)7-9-27-23(14)28-16-10-20(24)19-6-8-26-21(19)11-16/h2-11,18,26H,12-13H2,1H3,(H,27,28). The van der Waals surface area contributed by atoms with Crippen molar-refractivity contribution in [1.82, 2.24) is 9.97 Å². The van der Waals surface area contributed by atoms with Crippen LogP contribution in [0.3, 0.4) is 0 Å². The van der Waals surface area contributed by atoms with Gasteiger partial charge in [0.05, 0.1) is 18.1 Å². The Balaban J connectivity index is 1.29. The zero-order chi connectivity index (χ0) is 20.7. The molecule has 1 aliphatic rings. The van der Waals surface area contributed by atoms with Gasteiger partial charge in [-0.05, 0) is 55.5 Å². The molecule has 1 saturated heterocycles. The van der Waals surface area contributed by atoms with Crippen LogP contribution in [0.2, 0.25) is 5.02 Å². The van der Waals surface area contributed by atoms with Crippen LogP contribution in [0, 0.1) is 12.7 Å². The highest BCUT2D eigenvalue weighted by Crippen LogP contribution is 2.33. The van der Waals surface area contributed by atoms with Gasteiger partial charge in [0.25, 0.3) is 0 Å². The first kappa shape index (κ1) is 18.8. The number of rotatable bonds is 5. The van der Waals surface area contributed by atoms with Gasteiger partial charge in [0, 0.05) is 40.2 Å². The lowest BCUT2D eigenvalue weighted by molar-refractivity contribution is 0.167. The summed E-state index contributed by atoms with van der Waals surface area (Å²) in [5.41, 5.74) is 4.02. The highest BCUT2D eigenvalue weighted by Gasteiger charge is 2.30. The van der Waals surface area contributed by atoms with Crippen molar-refractivity contribution in [3.63, 3.8) is 0 Å². The molecule has 1 fully saturated rings. The maximum atomic E-state index is 13.0. The van der Waals surface area contributed by atoms with Gasteiger partial charge in [-0.2, -0.15) is 0 Å². The average molecular weight is 423 g/mol. The second-order valence-corrected chi connectivity index (χ2v) is 7.83. The summed E-state index contributed by atoms with van der Waals surface area (Å²) in [5, 5.41) is 5.07. The number of aromatic amines is 1. The largest absolute Gasteiger partial charge is 0.487 e. The van der Waals surface area contributed by atoms with Crippen molar-refractivity contribution in [1.29, 1.82) is 0 Å². The van der Waals surface area contributed by atoms with Gasteiger partial charge < -0.3 is 19.9 Å². The molecular formula is C23H20ClFN4O. The Morgan fingerprint density at radius 3 is 2.77 bits per heavy atom. The third kappa shape index (κ3) is 3.55. The summed E-state index contributed by atoms with van der Waals surface area (Å²) >= 11 is 6.39. The first-order valence-corrected chi connectivity index (χ1v) is 10.1. The van der Waals surface area contributed by atoms with Crippen molar-refractivity contribution in [2.24, 2.45) is 0 Å². The van der Waals surface area contributed by atoms with Gasteiger partial charge in [0.15, 0.2) is 0 Å². The van der Waals surface area contributed by atoms with Crippen LogP contribution in [-0.2, 0) is 0 Å². The number of hydrogen-bond donors (Lipinski definition) is 2. The quantitative estimate of drug-likeness (QED) is 0.434. The summed E-state index contributed by atoms with van der Waals surface area (Å²) in [6, 6.07) is 14.0. The summed E-state index contributed by atoms with van der Waals surface area (Å²) in [7, 11) is 0. The molecule has 2 aromatic carbocycles. The minimum absolute atomic E-state index is 0.0773. The molecule has 30 heavy (non-hydrogen) atoms. The normalized spacial score (nSPS) is 14.0. The average Bonchev–Trinajstić information content (AvgIpc) is 3.17. The SMILES string of the molecule is Cc1c(N2CC(Oc3ccc(F)cc3)C2)ccnc1Nc1cc(Cl)c2cc[nH]c2c1. The minimum atomic E-state index is -0.262. The fraction of sp³-hybridized carbons (Fsp3) is 0.174. The van der Waals surface area contributed by atoms with Crippen LogP contribution in [0.4, 0.5) is 21.6 Å². The molecule has 0 bridgehead atoms. The topological polar surface area (TPSA) is 53.2 Å². The summed E-state index contributed by atoms with van der Waals surface area (Å²) in [5.74, 6) is 1.21. The molecule has 2 N–H and O–H groups in total. The Hall–Kier alpha value is -3.25. The molecule has 5 nitrogen and oxygen atoms in total. The van der Waals surface area contributed by atoms with Crippen LogP contribution in [0.1, 0.15) is 5.56 Å². The molecule has 0 saturated carbocycles. The van der Waals surface area contributed by atoms with E-state index in [1.165, 1.54) is 12.1 Å². The Bertz CT molecular complexity index is 1200. The highest BCUT2D eigenvalue weighted by molar-refractivity contribution is 6.35. The second kappa shape index (κ2) is 7.54. The van der Waals surface area contributed by atoms with Gasteiger partial charge in [0.1, 0.15) is 23.5 Å². The first-order chi connectivity index (χ1) is 14.6. The zero-order valence-corrected chi connectivity index (χ0v) is 17.1. The van der Waals surface area contributed by atoms with Crippen molar-refractivity contribution in [2.45, 2.75) is 13.0 Å². The van der Waals surface area contributed by atoms with Crippen LogP contribution in [0.15, 0.2) is 60.9 Å². The Labute approximate surface area is 178 Å². The number of ether oxygens (including phenoxy) is 1. The number of nitrogens with zero attached hydrogens (tertiary/aromatic N) is 2. The van der Waals surface area contributed by atoms with E-state index in [4.69, 9.17) is 16.3 Å². The van der Waals surface area contributed by atoms with Gasteiger partial charge in [0.2, 0.25) is 0 Å². The van der Waals surface area contributed by atoms with E-state index in [1.54, 1.807) is 18.3 Å². The predicted molar refractivity (Wildman–Crippen MR) is 119 cm³/mol. The number of fused-ring (bicyclic) bond motifs is 1. The smallest absolute Gasteiger partial charge is 0.135 e. The molecule has 0 unspecified atom stereocenters. The van der Waals surface area contributed by atoms with Gasteiger partial charge in [-0.15, -0.1) is 0 Å². The van der Waals surface area contributed by atoms with Crippen LogP contribution in [0.5, 0.6) is 5.75 Å². The monoisotopic (exact) mass is 422 g/mol. The number of nitrogens with one attached hydrogen (secondary N) is 2. The maximum absolute atomic E-state index is 13.0.